The van der Waals surface area contributed by atoms with Crippen molar-refractivity contribution < 1.29 is 19.3 Å². The quantitative estimate of drug-likeness (QED) is 0.911. The molecule has 0 saturated carbocycles. The van der Waals surface area contributed by atoms with Crippen LogP contribution in [0.4, 0.5) is 0 Å². The molecule has 5 heteroatoms. The van der Waals surface area contributed by atoms with E-state index in [1.807, 2.05) is 12.1 Å². The minimum Gasteiger partial charge on any atom is -0.495 e. The van der Waals surface area contributed by atoms with E-state index in [4.69, 9.17) is 14.2 Å². The van der Waals surface area contributed by atoms with Crippen molar-refractivity contribution in [2.24, 2.45) is 0 Å². The second kappa shape index (κ2) is 4.23. The van der Waals surface area contributed by atoms with Gasteiger partial charge in [-0.15, -0.1) is 0 Å². The minimum absolute atomic E-state index is 0.215. The number of rotatable bonds is 2. The summed E-state index contributed by atoms with van der Waals surface area (Å²) < 4.78 is 16.7. The van der Waals surface area contributed by atoms with Crippen molar-refractivity contribution in [3.63, 3.8) is 0 Å². The molecule has 0 aliphatic carbocycles. The zero-order chi connectivity index (χ0) is 11.8. The zero-order valence-electron chi connectivity index (χ0n) is 8.98. The zero-order valence-corrected chi connectivity index (χ0v) is 10.6. The standard InChI is InChI=1S/C12H11BrO4/c13-8-4-7(5-10-12(8)17-6-16-10)11(14)9-2-1-3-15-9/h2,4-5,11,14H,1,3,6H2. The Balaban J connectivity index is 1.95. The van der Waals surface area contributed by atoms with Crippen LogP contribution in [0.5, 0.6) is 11.5 Å². The van der Waals surface area contributed by atoms with Crippen LogP contribution in [-0.2, 0) is 4.74 Å². The molecule has 1 atom stereocenters. The Bertz CT molecular complexity index is 484. The number of halogens is 1. The van der Waals surface area contributed by atoms with Gasteiger partial charge < -0.3 is 19.3 Å². The van der Waals surface area contributed by atoms with Gasteiger partial charge in [-0.2, -0.15) is 0 Å². The molecule has 0 bridgehead atoms. The maximum absolute atomic E-state index is 10.2. The van der Waals surface area contributed by atoms with Gasteiger partial charge >= 0.3 is 0 Å². The molecule has 90 valence electrons. The van der Waals surface area contributed by atoms with Crippen LogP contribution in [0.15, 0.2) is 28.4 Å². The van der Waals surface area contributed by atoms with Gasteiger partial charge in [-0.25, -0.2) is 0 Å². The van der Waals surface area contributed by atoms with E-state index in [2.05, 4.69) is 15.9 Å². The molecule has 0 spiro atoms. The largest absolute Gasteiger partial charge is 0.495 e. The van der Waals surface area contributed by atoms with Crippen molar-refractivity contribution in [3.05, 3.63) is 34.0 Å². The Morgan fingerprint density at radius 2 is 2.12 bits per heavy atom. The van der Waals surface area contributed by atoms with E-state index >= 15 is 0 Å². The second-order valence-corrected chi connectivity index (χ2v) is 4.74. The highest BCUT2D eigenvalue weighted by Crippen LogP contribution is 2.42. The highest BCUT2D eigenvalue weighted by Gasteiger charge is 2.23. The summed E-state index contributed by atoms with van der Waals surface area (Å²) in [7, 11) is 0. The number of aliphatic hydroxyl groups excluding tert-OH is 1. The molecule has 1 unspecified atom stereocenters. The number of benzene rings is 1. The lowest BCUT2D eigenvalue weighted by Crippen LogP contribution is -2.02. The van der Waals surface area contributed by atoms with Gasteiger partial charge in [0.15, 0.2) is 11.5 Å². The van der Waals surface area contributed by atoms with Crippen LogP contribution in [0.25, 0.3) is 0 Å². The molecule has 4 nitrogen and oxygen atoms in total. The van der Waals surface area contributed by atoms with Gasteiger partial charge in [-0.3, -0.25) is 0 Å². The number of fused-ring (bicyclic) bond motifs is 1. The van der Waals surface area contributed by atoms with Gasteiger partial charge in [0, 0.05) is 6.42 Å². The second-order valence-electron chi connectivity index (χ2n) is 3.88. The molecule has 17 heavy (non-hydrogen) atoms. The summed E-state index contributed by atoms with van der Waals surface area (Å²) in [5.74, 6) is 1.94. The first-order valence-electron chi connectivity index (χ1n) is 5.35. The molecule has 0 saturated heterocycles. The Labute approximate surface area is 107 Å². The molecule has 0 amide bonds. The van der Waals surface area contributed by atoms with E-state index in [1.165, 1.54) is 0 Å². The van der Waals surface area contributed by atoms with E-state index in [1.54, 1.807) is 6.07 Å². The highest BCUT2D eigenvalue weighted by atomic mass is 79.9. The van der Waals surface area contributed by atoms with E-state index < -0.39 is 6.10 Å². The first-order chi connectivity index (χ1) is 8.25. The van der Waals surface area contributed by atoms with E-state index in [9.17, 15) is 5.11 Å². The number of hydrogen-bond acceptors (Lipinski definition) is 4. The normalized spacial score (nSPS) is 18.8. The fraction of sp³-hybridized carbons (Fsp3) is 0.333. The van der Waals surface area contributed by atoms with Gasteiger partial charge in [0.25, 0.3) is 0 Å². The van der Waals surface area contributed by atoms with E-state index in [0.717, 1.165) is 16.5 Å². The Kier molecular flexibility index (Phi) is 2.72. The monoisotopic (exact) mass is 298 g/mol. The third kappa shape index (κ3) is 1.89. The number of ether oxygens (including phenoxy) is 3. The maximum atomic E-state index is 10.2. The summed E-state index contributed by atoms with van der Waals surface area (Å²) in [6, 6.07) is 3.60. The number of aliphatic hydroxyl groups is 1. The van der Waals surface area contributed by atoms with E-state index in [0.29, 0.717) is 23.9 Å². The molecule has 2 heterocycles. The predicted octanol–water partition coefficient (Wildman–Crippen LogP) is 2.52. The Hall–Kier alpha value is -1.20. The van der Waals surface area contributed by atoms with Crippen molar-refractivity contribution in [2.45, 2.75) is 12.5 Å². The summed E-state index contributed by atoms with van der Waals surface area (Å²) in [6.07, 6.45) is 2.00. The molecule has 2 aliphatic heterocycles. The van der Waals surface area contributed by atoms with Crippen LogP contribution in [-0.4, -0.2) is 18.5 Å². The van der Waals surface area contributed by atoms with Crippen molar-refractivity contribution in [1.29, 1.82) is 0 Å². The van der Waals surface area contributed by atoms with Crippen LogP contribution in [0.3, 0.4) is 0 Å². The van der Waals surface area contributed by atoms with Gasteiger partial charge in [0.05, 0.1) is 11.1 Å². The van der Waals surface area contributed by atoms with Crippen molar-refractivity contribution in [2.75, 3.05) is 13.4 Å². The summed E-state index contributed by atoms with van der Waals surface area (Å²) >= 11 is 3.40. The summed E-state index contributed by atoms with van der Waals surface area (Å²) in [5, 5.41) is 10.2. The third-order valence-electron chi connectivity index (χ3n) is 2.77. The summed E-state index contributed by atoms with van der Waals surface area (Å²) in [4.78, 5) is 0. The third-order valence-corrected chi connectivity index (χ3v) is 3.36. The molecule has 3 rings (SSSR count). The average Bonchev–Trinajstić information content (AvgIpc) is 2.98. The Morgan fingerprint density at radius 1 is 1.24 bits per heavy atom. The predicted molar refractivity (Wildman–Crippen MR) is 63.9 cm³/mol. The van der Waals surface area contributed by atoms with Crippen molar-refractivity contribution in [1.82, 2.24) is 0 Å². The smallest absolute Gasteiger partial charge is 0.231 e. The topological polar surface area (TPSA) is 47.9 Å². The SMILES string of the molecule is OC(C1=CCCO1)c1cc(Br)c2c(c1)OCO2. The van der Waals surface area contributed by atoms with Crippen LogP contribution in [0, 0.1) is 0 Å². The number of hydrogen-bond donors (Lipinski definition) is 1. The molecule has 1 aromatic carbocycles. The summed E-state index contributed by atoms with van der Waals surface area (Å²) in [6.45, 7) is 0.852. The van der Waals surface area contributed by atoms with E-state index in [-0.39, 0.29) is 6.79 Å². The maximum Gasteiger partial charge on any atom is 0.231 e. The molecule has 2 aliphatic rings. The fourth-order valence-corrected chi connectivity index (χ4v) is 2.51. The molecular weight excluding hydrogens is 288 g/mol. The first kappa shape index (κ1) is 10.9. The molecular formula is C12H11BrO4. The van der Waals surface area contributed by atoms with Gasteiger partial charge in [-0.05, 0) is 39.7 Å². The minimum atomic E-state index is -0.747. The van der Waals surface area contributed by atoms with Gasteiger partial charge in [0.1, 0.15) is 11.9 Å². The fourth-order valence-electron chi connectivity index (χ4n) is 1.94. The van der Waals surface area contributed by atoms with Gasteiger partial charge in [-0.1, -0.05) is 0 Å². The van der Waals surface area contributed by atoms with Crippen molar-refractivity contribution >= 4 is 15.9 Å². The average molecular weight is 299 g/mol. The van der Waals surface area contributed by atoms with Crippen LogP contribution < -0.4 is 9.47 Å². The van der Waals surface area contributed by atoms with Crippen molar-refractivity contribution in [3.8, 4) is 11.5 Å². The molecule has 1 aromatic rings. The first-order valence-corrected chi connectivity index (χ1v) is 6.15. The molecule has 0 fully saturated rings. The molecule has 0 aromatic heterocycles. The van der Waals surface area contributed by atoms with Crippen LogP contribution in [0.1, 0.15) is 18.1 Å². The molecule has 1 N–H and O–H groups in total. The lowest BCUT2D eigenvalue weighted by Gasteiger charge is -2.13. The highest BCUT2D eigenvalue weighted by molar-refractivity contribution is 9.10. The van der Waals surface area contributed by atoms with Gasteiger partial charge in [0.2, 0.25) is 6.79 Å². The Morgan fingerprint density at radius 3 is 2.88 bits per heavy atom. The van der Waals surface area contributed by atoms with Crippen LogP contribution in [0.2, 0.25) is 0 Å². The molecule has 0 radical (unpaired) electrons. The summed E-state index contributed by atoms with van der Waals surface area (Å²) in [5.41, 5.74) is 0.731. The lowest BCUT2D eigenvalue weighted by atomic mass is 10.1. The van der Waals surface area contributed by atoms with Crippen LogP contribution >= 0.6 is 15.9 Å². The lowest BCUT2D eigenvalue weighted by molar-refractivity contribution is 0.118.